The van der Waals surface area contributed by atoms with Gasteiger partial charge in [0.15, 0.2) is 0 Å². The van der Waals surface area contributed by atoms with E-state index >= 15 is 0 Å². The van der Waals surface area contributed by atoms with Gasteiger partial charge in [-0.25, -0.2) is 0 Å². The van der Waals surface area contributed by atoms with E-state index in [1.807, 2.05) is 0 Å². The zero-order valence-corrected chi connectivity index (χ0v) is 15.4. The predicted octanol–water partition coefficient (Wildman–Crippen LogP) is 6.86. The molecular weight excluding hydrogens is 292 g/mol. The molecule has 0 N–H and O–H groups in total. The van der Waals surface area contributed by atoms with Crippen LogP contribution in [0.1, 0.15) is 58.8 Å². The molecule has 2 atom stereocenters. The molecule has 0 radical (unpaired) electrons. The van der Waals surface area contributed by atoms with Gasteiger partial charge in [-0.1, -0.05) is 79.8 Å². The van der Waals surface area contributed by atoms with Gasteiger partial charge in [0, 0.05) is 0 Å². The second-order valence-electron chi connectivity index (χ2n) is 6.03. The second-order valence-corrected chi connectivity index (χ2v) is 6.03. The standard InChI is InChI=1S/C23H34O/c1-3-4-5-6-7-8-9-10-11-12-13-14-15-16-17-18-19-20-21-23-22(2)24-23/h4-5,7-8,10-11,13-14,16-17,19-20,22-23H,3,6,9,12,15,18,21H2,1-2H3. The van der Waals surface area contributed by atoms with E-state index in [-0.39, 0.29) is 0 Å². The van der Waals surface area contributed by atoms with Gasteiger partial charge in [-0.05, 0) is 51.9 Å². The van der Waals surface area contributed by atoms with E-state index in [2.05, 4.69) is 86.8 Å². The first kappa shape index (κ1) is 20.4. The summed E-state index contributed by atoms with van der Waals surface area (Å²) in [5.74, 6) is 0. The Bertz CT molecular complexity index is 462. The van der Waals surface area contributed by atoms with Gasteiger partial charge >= 0.3 is 0 Å². The van der Waals surface area contributed by atoms with Gasteiger partial charge in [0.25, 0.3) is 0 Å². The van der Waals surface area contributed by atoms with Gasteiger partial charge in [0.2, 0.25) is 0 Å². The Morgan fingerprint density at radius 3 is 1.25 bits per heavy atom. The quantitative estimate of drug-likeness (QED) is 0.266. The predicted molar refractivity (Wildman–Crippen MR) is 107 cm³/mol. The molecule has 0 aromatic rings. The molecule has 1 aliphatic rings. The molecule has 0 aromatic heterocycles. The molecule has 1 aliphatic heterocycles. The van der Waals surface area contributed by atoms with Crippen molar-refractivity contribution in [1.29, 1.82) is 0 Å². The van der Waals surface area contributed by atoms with Crippen molar-refractivity contribution in [2.24, 2.45) is 0 Å². The smallest absolute Gasteiger partial charge is 0.0873 e. The monoisotopic (exact) mass is 326 g/mol. The van der Waals surface area contributed by atoms with Gasteiger partial charge < -0.3 is 4.74 Å². The van der Waals surface area contributed by atoms with E-state index in [0.29, 0.717) is 12.2 Å². The van der Waals surface area contributed by atoms with Gasteiger partial charge in [-0.2, -0.15) is 0 Å². The summed E-state index contributed by atoms with van der Waals surface area (Å²) in [4.78, 5) is 0. The van der Waals surface area contributed by atoms with Crippen LogP contribution in [0.25, 0.3) is 0 Å². The van der Waals surface area contributed by atoms with Crippen LogP contribution in [0.4, 0.5) is 0 Å². The second kappa shape index (κ2) is 15.0. The summed E-state index contributed by atoms with van der Waals surface area (Å²) < 4.78 is 5.36. The fourth-order valence-corrected chi connectivity index (χ4v) is 2.23. The van der Waals surface area contributed by atoms with Gasteiger partial charge in [-0.3, -0.25) is 0 Å². The normalized spacial score (nSPS) is 21.8. The van der Waals surface area contributed by atoms with E-state index in [1.165, 1.54) is 0 Å². The maximum atomic E-state index is 5.36. The van der Waals surface area contributed by atoms with Gasteiger partial charge in [-0.15, -0.1) is 0 Å². The van der Waals surface area contributed by atoms with Crippen LogP contribution in [0.2, 0.25) is 0 Å². The van der Waals surface area contributed by atoms with Gasteiger partial charge in [0.05, 0.1) is 12.2 Å². The molecule has 0 amide bonds. The van der Waals surface area contributed by atoms with Crippen LogP contribution in [0.3, 0.4) is 0 Å². The Labute approximate surface area is 149 Å². The molecule has 1 fully saturated rings. The molecule has 1 heteroatoms. The molecular formula is C23H34O. The van der Waals surface area contributed by atoms with E-state index in [4.69, 9.17) is 4.74 Å². The maximum Gasteiger partial charge on any atom is 0.0873 e. The Hall–Kier alpha value is -1.60. The number of allylic oxidation sites excluding steroid dienone is 11. The topological polar surface area (TPSA) is 12.5 Å². The molecule has 1 nitrogen and oxygen atoms in total. The van der Waals surface area contributed by atoms with Crippen molar-refractivity contribution >= 4 is 0 Å². The van der Waals surface area contributed by atoms with Crippen LogP contribution in [0, 0.1) is 0 Å². The lowest BCUT2D eigenvalue weighted by Crippen LogP contribution is -1.84. The lowest BCUT2D eigenvalue weighted by Gasteiger charge is -1.86. The number of epoxide rings is 1. The summed E-state index contributed by atoms with van der Waals surface area (Å²) in [6.45, 7) is 4.29. The lowest BCUT2D eigenvalue weighted by atomic mass is 10.2. The number of rotatable bonds is 13. The molecule has 0 aliphatic carbocycles. The van der Waals surface area contributed by atoms with Crippen molar-refractivity contribution in [2.45, 2.75) is 71.0 Å². The fraction of sp³-hybridized carbons (Fsp3) is 0.478. The fourth-order valence-electron chi connectivity index (χ4n) is 2.23. The highest BCUT2D eigenvalue weighted by Crippen LogP contribution is 2.24. The molecule has 0 aromatic carbocycles. The summed E-state index contributed by atoms with van der Waals surface area (Å²) >= 11 is 0. The third-order valence-electron chi connectivity index (χ3n) is 3.80. The molecule has 1 saturated heterocycles. The number of ether oxygens (including phenoxy) is 1. The molecule has 0 spiro atoms. The highest BCUT2D eigenvalue weighted by atomic mass is 16.6. The summed E-state index contributed by atoms with van der Waals surface area (Å²) in [7, 11) is 0. The number of hydrogen-bond acceptors (Lipinski definition) is 1. The van der Waals surface area contributed by atoms with E-state index < -0.39 is 0 Å². The zero-order valence-electron chi connectivity index (χ0n) is 15.4. The summed E-state index contributed by atoms with van der Waals surface area (Å²) in [6, 6.07) is 0. The van der Waals surface area contributed by atoms with Crippen LogP contribution in [0.15, 0.2) is 72.9 Å². The van der Waals surface area contributed by atoms with E-state index in [9.17, 15) is 0 Å². The molecule has 2 unspecified atom stereocenters. The minimum Gasteiger partial charge on any atom is -0.370 e. The summed E-state index contributed by atoms with van der Waals surface area (Å²) in [6.07, 6.45) is 35.0. The van der Waals surface area contributed by atoms with E-state index in [1.54, 1.807) is 0 Å². The summed E-state index contributed by atoms with van der Waals surface area (Å²) in [5.41, 5.74) is 0. The molecule has 1 rings (SSSR count). The average Bonchev–Trinajstić information content (AvgIpc) is 3.29. The SMILES string of the molecule is CCC=CCC=CCC=CCC=CCC=CCC=CCC1OC1C. The Morgan fingerprint density at radius 2 is 0.917 bits per heavy atom. The van der Waals surface area contributed by atoms with Crippen molar-refractivity contribution < 1.29 is 4.74 Å². The van der Waals surface area contributed by atoms with Crippen LogP contribution < -0.4 is 0 Å². The van der Waals surface area contributed by atoms with Crippen LogP contribution in [-0.4, -0.2) is 12.2 Å². The van der Waals surface area contributed by atoms with Gasteiger partial charge in [0.1, 0.15) is 0 Å². The van der Waals surface area contributed by atoms with Crippen molar-refractivity contribution in [3.05, 3.63) is 72.9 Å². The number of hydrogen-bond donors (Lipinski definition) is 0. The molecule has 1 heterocycles. The Kier molecular flexibility index (Phi) is 12.7. The molecule has 0 saturated carbocycles. The molecule has 24 heavy (non-hydrogen) atoms. The first-order valence-electron chi connectivity index (χ1n) is 9.40. The highest BCUT2D eigenvalue weighted by molar-refractivity contribution is 5.02. The zero-order chi connectivity index (χ0) is 17.3. The van der Waals surface area contributed by atoms with Crippen LogP contribution in [-0.2, 0) is 4.74 Å². The Morgan fingerprint density at radius 1 is 0.583 bits per heavy atom. The minimum absolute atomic E-state index is 0.475. The largest absolute Gasteiger partial charge is 0.370 e. The Balaban J connectivity index is 1.90. The van der Waals surface area contributed by atoms with Crippen molar-refractivity contribution in [3.8, 4) is 0 Å². The first-order chi connectivity index (χ1) is 11.8. The highest BCUT2D eigenvalue weighted by Gasteiger charge is 2.32. The van der Waals surface area contributed by atoms with Crippen LogP contribution in [0.5, 0.6) is 0 Å². The summed E-state index contributed by atoms with van der Waals surface area (Å²) in [5, 5.41) is 0. The third-order valence-corrected chi connectivity index (χ3v) is 3.80. The van der Waals surface area contributed by atoms with Crippen molar-refractivity contribution in [1.82, 2.24) is 0 Å². The average molecular weight is 327 g/mol. The first-order valence-corrected chi connectivity index (χ1v) is 9.40. The van der Waals surface area contributed by atoms with E-state index in [0.717, 1.165) is 44.9 Å². The lowest BCUT2D eigenvalue weighted by molar-refractivity contribution is 0.380. The molecule has 0 bridgehead atoms. The molecule has 132 valence electrons. The maximum absolute atomic E-state index is 5.36. The van der Waals surface area contributed by atoms with Crippen molar-refractivity contribution in [2.75, 3.05) is 0 Å². The minimum atomic E-state index is 0.475. The van der Waals surface area contributed by atoms with Crippen molar-refractivity contribution in [3.63, 3.8) is 0 Å². The third kappa shape index (κ3) is 12.9. The van der Waals surface area contributed by atoms with Crippen LogP contribution >= 0.6 is 0 Å².